The number of hydrogen-bond acceptors (Lipinski definition) is 4. The van der Waals surface area contributed by atoms with Crippen LogP contribution in [0.1, 0.15) is 0 Å². The first-order chi connectivity index (χ1) is 7.27. The van der Waals surface area contributed by atoms with Crippen molar-refractivity contribution in [3.05, 3.63) is 0 Å². The molecule has 0 bridgehead atoms. The average Bonchev–Trinajstić information content (AvgIpc) is 2.66. The zero-order chi connectivity index (χ0) is 10.7. The second-order valence-electron chi connectivity index (χ2n) is 3.56. The van der Waals surface area contributed by atoms with Crippen molar-refractivity contribution in [1.29, 1.82) is 0 Å². The summed E-state index contributed by atoms with van der Waals surface area (Å²) in [6.07, 6.45) is 0. The van der Waals surface area contributed by atoms with Crippen LogP contribution in [-0.2, 0) is 14.3 Å². The number of morpholine rings is 1. The van der Waals surface area contributed by atoms with Gasteiger partial charge in [0.25, 0.3) is 0 Å². The van der Waals surface area contributed by atoms with Crippen LogP contribution in [0.15, 0.2) is 0 Å². The van der Waals surface area contributed by atoms with E-state index in [9.17, 15) is 9.59 Å². The Balaban J connectivity index is 1.82. The van der Waals surface area contributed by atoms with Crippen molar-refractivity contribution < 1.29 is 14.3 Å². The normalized spacial score (nSPS) is 22.3. The molecule has 6 heteroatoms. The molecule has 2 fully saturated rings. The van der Waals surface area contributed by atoms with E-state index in [0.29, 0.717) is 37.9 Å². The molecule has 0 aliphatic carbocycles. The molecule has 0 N–H and O–H groups in total. The molecule has 5 nitrogen and oxygen atoms in total. The van der Waals surface area contributed by atoms with E-state index in [1.807, 2.05) is 0 Å². The molecular weight excluding hydrogens is 216 g/mol. The number of ether oxygens (including phenoxy) is 1. The fourth-order valence-electron chi connectivity index (χ4n) is 1.62. The van der Waals surface area contributed by atoms with Gasteiger partial charge in [0.15, 0.2) is 0 Å². The molecule has 0 radical (unpaired) electrons. The van der Waals surface area contributed by atoms with Gasteiger partial charge in [-0.3, -0.25) is 9.59 Å². The number of thioether (sulfide) groups is 1. The number of hydrogen-bond donors (Lipinski definition) is 0. The van der Waals surface area contributed by atoms with Gasteiger partial charge < -0.3 is 14.5 Å². The highest BCUT2D eigenvalue weighted by Gasteiger charge is 2.25. The van der Waals surface area contributed by atoms with Crippen LogP contribution in [0.25, 0.3) is 0 Å². The molecule has 0 unspecified atom stereocenters. The topological polar surface area (TPSA) is 49.9 Å². The first-order valence-electron chi connectivity index (χ1n) is 4.98. The van der Waals surface area contributed by atoms with Crippen molar-refractivity contribution in [3.63, 3.8) is 0 Å². The lowest BCUT2D eigenvalue weighted by molar-refractivity contribution is -0.140. The molecule has 15 heavy (non-hydrogen) atoms. The van der Waals surface area contributed by atoms with Crippen LogP contribution >= 0.6 is 11.8 Å². The lowest BCUT2D eigenvalue weighted by Gasteiger charge is -2.28. The van der Waals surface area contributed by atoms with Crippen molar-refractivity contribution in [2.24, 2.45) is 0 Å². The molecule has 0 atom stereocenters. The van der Waals surface area contributed by atoms with E-state index < -0.39 is 0 Å². The van der Waals surface area contributed by atoms with Gasteiger partial charge in [0.2, 0.25) is 11.8 Å². The summed E-state index contributed by atoms with van der Waals surface area (Å²) in [7, 11) is 0. The van der Waals surface area contributed by atoms with Gasteiger partial charge >= 0.3 is 0 Å². The van der Waals surface area contributed by atoms with Crippen molar-refractivity contribution in [2.45, 2.75) is 0 Å². The van der Waals surface area contributed by atoms with Gasteiger partial charge in [-0.15, -0.1) is 11.8 Å². The van der Waals surface area contributed by atoms with Gasteiger partial charge in [0.1, 0.15) is 6.54 Å². The zero-order valence-electron chi connectivity index (χ0n) is 8.48. The number of carbonyl (C=O) groups is 2. The molecular formula is C9H14N2O3S. The second-order valence-corrected chi connectivity index (χ2v) is 4.52. The second kappa shape index (κ2) is 4.85. The minimum absolute atomic E-state index is 0.0363. The van der Waals surface area contributed by atoms with E-state index in [1.54, 1.807) is 21.6 Å². The third kappa shape index (κ3) is 2.63. The van der Waals surface area contributed by atoms with E-state index >= 15 is 0 Å². The van der Waals surface area contributed by atoms with Crippen LogP contribution < -0.4 is 0 Å². The summed E-state index contributed by atoms with van der Waals surface area (Å²) >= 11 is 1.56. The third-order valence-electron chi connectivity index (χ3n) is 2.52. The quantitative estimate of drug-likeness (QED) is 0.634. The number of nitrogens with zero attached hydrogens (tertiary/aromatic N) is 2. The standard InChI is InChI=1S/C9H14N2O3S/c12-8(10-1-3-14-4-2-10)5-11-7-15-6-9(11)13/h1-7H2. The number of amides is 2. The summed E-state index contributed by atoms with van der Waals surface area (Å²) in [5, 5.41) is 0. The first kappa shape index (κ1) is 10.8. The molecule has 2 aliphatic rings. The fraction of sp³-hybridized carbons (Fsp3) is 0.778. The third-order valence-corrected chi connectivity index (χ3v) is 3.46. The maximum absolute atomic E-state index is 11.8. The molecule has 0 aromatic heterocycles. The Kier molecular flexibility index (Phi) is 3.48. The smallest absolute Gasteiger partial charge is 0.242 e. The summed E-state index contributed by atoms with van der Waals surface area (Å²) in [5.41, 5.74) is 0. The van der Waals surface area contributed by atoms with Crippen molar-refractivity contribution in [1.82, 2.24) is 9.80 Å². The van der Waals surface area contributed by atoms with Crippen LogP contribution in [0.5, 0.6) is 0 Å². The van der Waals surface area contributed by atoms with Crippen LogP contribution in [0, 0.1) is 0 Å². The first-order valence-corrected chi connectivity index (χ1v) is 6.14. The monoisotopic (exact) mass is 230 g/mol. The summed E-state index contributed by atoms with van der Waals surface area (Å²) in [6.45, 7) is 2.73. The fourth-order valence-corrected chi connectivity index (χ4v) is 2.52. The molecule has 0 saturated carbocycles. The predicted molar refractivity (Wildman–Crippen MR) is 56.4 cm³/mol. The zero-order valence-corrected chi connectivity index (χ0v) is 9.29. The predicted octanol–water partition coefficient (Wildman–Crippen LogP) is -0.622. The van der Waals surface area contributed by atoms with E-state index in [4.69, 9.17) is 4.74 Å². The van der Waals surface area contributed by atoms with Gasteiger partial charge in [0, 0.05) is 13.1 Å². The van der Waals surface area contributed by atoms with Gasteiger partial charge in [-0.2, -0.15) is 0 Å². The van der Waals surface area contributed by atoms with Crippen LogP contribution in [0.4, 0.5) is 0 Å². The van der Waals surface area contributed by atoms with Crippen LogP contribution in [0.2, 0.25) is 0 Å². The Bertz CT molecular complexity index is 266. The highest BCUT2D eigenvalue weighted by molar-refractivity contribution is 8.00. The molecule has 0 aromatic carbocycles. The SMILES string of the molecule is O=C(CN1CSCC1=O)N1CCOCC1. The molecule has 2 amide bonds. The lowest BCUT2D eigenvalue weighted by Crippen LogP contribution is -2.46. The van der Waals surface area contributed by atoms with E-state index in [1.165, 1.54) is 0 Å². The lowest BCUT2D eigenvalue weighted by atomic mass is 10.4. The van der Waals surface area contributed by atoms with E-state index in [0.717, 1.165) is 0 Å². The van der Waals surface area contributed by atoms with E-state index in [-0.39, 0.29) is 18.4 Å². The van der Waals surface area contributed by atoms with Crippen LogP contribution in [0.3, 0.4) is 0 Å². The summed E-state index contributed by atoms with van der Waals surface area (Å²) in [5.74, 6) is 1.27. The van der Waals surface area contributed by atoms with Gasteiger partial charge in [-0.05, 0) is 0 Å². The largest absolute Gasteiger partial charge is 0.378 e. The molecule has 2 rings (SSSR count). The molecule has 0 aromatic rings. The van der Waals surface area contributed by atoms with E-state index in [2.05, 4.69) is 0 Å². The minimum Gasteiger partial charge on any atom is -0.378 e. The minimum atomic E-state index is 0.0363. The summed E-state index contributed by atoms with van der Waals surface area (Å²) in [4.78, 5) is 26.4. The molecule has 2 heterocycles. The summed E-state index contributed by atoms with van der Waals surface area (Å²) in [6, 6.07) is 0. The molecule has 2 aliphatic heterocycles. The Morgan fingerprint density at radius 1 is 1.40 bits per heavy atom. The maximum Gasteiger partial charge on any atom is 0.242 e. The number of carbonyl (C=O) groups excluding carboxylic acids is 2. The maximum atomic E-state index is 11.8. The van der Waals surface area contributed by atoms with Crippen molar-refractivity contribution in [2.75, 3.05) is 44.5 Å². The molecule has 2 saturated heterocycles. The Morgan fingerprint density at radius 2 is 2.13 bits per heavy atom. The van der Waals surface area contributed by atoms with Gasteiger partial charge in [-0.25, -0.2) is 0 Å². The summed E-state index contributed by atoms with van der Waals surface area (Å²) < 4.78 is 5.16. The van der Waals surface area contributed by atoms with Crippen molar-refractivity contribution in [3.8, 4) is 0 Å². The van der Waals surface area contributed by atoms with Crippen LogP contribution in [-0.4, -0.2) is 66.1 Å². The Labute approximate surface area is 92.7 Å². The van der Waals surface area contributed by atoms with Gasteiger partial charge in [0.05, 0.1) is 24.8 Å². The van der Waals surface area contributed by atoms with Crippen molar-refractivity contribution >= 4 is 23.6 Å². The molecule has 0 spiro atoms. The highest BCUT2D eigenvalue weighted by Crippen LogP contribution is 2.14. The average molecular weight is 230 g/mol. The Hall–Kier alpha value is -0.750. The highest BCUT2D eigenvalue weighted by atomic mass is 32.2. The van der Waals surface area contributed by atoms with Gasteiger partial charge in [-0.1, -0.05) is 0 Å². The Morgan fingerprint density at radius 3 is 2.73 bits per heavy atom. The molecule has 84 valence electrons. The number of rotatable bonds is 2.